The van der Waals surface area contributed by atoms with E-state index in [0.717, 1.165) is 12.2 Å². The molecule has 2 rings (SSSR count). The molecular weight excluding hydrogens is 296 g/mol. The third kappa shape index (κ3) is 5.88. The number of ether oxygens (including phenoxy) is 2. The number of hydrogen-bond acceptors (Lipinski definition) is 5. The molecule has 1 aromatic rings. The Kier molecular flexibility index (Phi) is 6.07. The van der Waals surface area contributed by atoms with Gasteiger partial charge in [0.1, 0.15) is 11.4 Å². The van der Waals surface area contributed by atoms with Crippen LogP contribution in [0, 0.1) is 0 Å². The highest BCUT2D eigenvalue weighted by molar-refractivity contribution is 5.68. The minimum atomic E-state index is -0.486. The van der Waals surface area contributed by atoms with E-state index in [4.69, 9.17) is 13.9 Å². The molecule has 1 N–H and O–H groups in total. The summed E-state index contributed by atoms with van der Waals surface area (Å²) in [7, 11) is 0. The van der Waals surface area contributed by atoms with Gasteiger partial charge in [0.15, 0.2) is 0 Å². The minimum Gasteiger partial charge on any atom is -0.469 e. The third-order valence-electron chi connectivity index (χ3n) is 3.64. The van der Waals surface area contributed by atoms with Crippen LogP contribution in [0.2, 0.25) is 0 Å². The first-order valence-electron chi connectivity index (χ1n) is 8.18. The summed E-state index contributed by atoms with van der Waals surface area (Å²) in [6, 6.07) is 4.09. The predicted octanol–water partition coefficient (Wildman–Crippen LogP) is 2.44. The second-order valence-electron chi connectivity index (χ2n) is 7.00. The van der Waals surface area contributed by atoms with Gasteiger partial charge in [0.2, 0.25) is 0 Å². The van der Waals surface area contributed by atoms with E-state index < -0.39 is 5.60 Å². The fourth-order valence-electron chi connectivity index (χ4n) is 2.52. The van der Waals surface area contributed by atoms with Crippen LogP contribution in [0.5, 0.6) is 0 Å². The van der Waals surface area contributed by atoms with Gasteiger partial charge < -0.3 is 19.2 Å². The lowest BCUT2D eigenvalue weighted by Gasteiger charge is -2.37. The molecule has 6 nitrogen and oxygen atoms in total. The van der Waals surface area contributed by atoms with Crippen LogP contribution in [0.1, 0.15) is 33.5 Å². The van der Waals surface area contributed by atoms with Gasteiger partial charge in [-0.1, -0.05) is 0 Å². The maximum absolute atomic E-state index is 12.3. The van der Waals surface area contributed by atoms with E-state index in [-0.39, 0.29) is 18.2 Å². The number of nitrogens with zero attached hydrogens (tertiary/aromatic N) is 1. The van der Waals surface area contributed by atoms with Gasteiger partial charge in [0.25, 0.3) is 0 Å². The Morgan fingerprint density at radius 3 is 2.96 bits per heavy atom. The second kappa shape index (κ2) is 7.84. The van der Waals surface area contributed by atoms with Crippen LogP contribution in [-0.4, -0.2) is 55.0 Å². The average Bonchev–Trinajstić information content (AvgIpc) is 2.96. The standard InChI is InChI=1S/C17H28N2O4/c1-13(10-15-6-5-8-22-15)18-11-14-12-21-9-7-19(14)16(20)23-17(2,3)4/h5-6,8,13-14,18H,7,9-12H2,1-4H3. The Labute approximate surface area is 138 Å². The molecule has 1 aliphatic rings. The SMILES string of the molecule is CC(Cc1ccco1)NCC1COCCN1C(=O)OC(C)(C)C. The van der Waals surface area contributed by atoms with Crippen molar-refractivity contribution in [3.8, 4) is 0 Å². The Morgan fingerprint density at radius 2 is 2.30 bits per heavy atom. The van der Waals surface area contributed by atoms with Gasteiger partial charge in [-0.15, -0.1) is 0 Å². The number of morpholine rings is 1. The molecule has 1 saturated heterocycles. The normalized spacial score (nSPS) is 20.3. The number of carbonyl (C=O) groups excluding carboxylic acids is 1. The number of furan rings is 1. The summed E-state index contributed by atoms with van der Waals surface area (Å²) >= 11 is 0. The number of amides is 1. The van der Waals surface area contributed by atoms with Gasteiger partial charge in [-0.05, 0) is 39.8 Å². The lowest BCUT2D eigenvalue weighted by molar-refractivity contribution is -0.0321. The first kappa shape index (κ1) is 17.8. The summed E-state index contributed by atoms with van der Waals surface area (Å²) in [5.41, 5.74) is -0.486. The molecule has 0 aliphatic carbocycles. The van der Waals surface area contributed by atoms with Gasteiger partial charge in [-0.2, -0.15) is 0 Å². The molecule has 1 aromatic heterocycles. The van der Waals surface area contributed by atoms with E-state index in [1.807, 2.05) is 32.9 Å². The molecule has 0 saturated carbocycles. The van der Waals surface area contributed by atoms with Crippen molar-refractivity contribution in [3.05, 3.63) is 24.2 Å². The zero-order valence-electron chi connectivity index (χ0n) is 14.5. The quantitative estimate of drug-likeness (QED) is 0.901. The van der Waals surface area contributed by atoms with Crippen LogP contribution in [0.25, 0.3) is 0 Å². The van der Waals surface area contributed by atoms with E-state index in [2.05, 4.69) is 12.2 Å². The van der Waals surface area contributed by atoms with Crippen molar-refractivity contribution in [3.63, 3.8) is 0 Å². The highest BCUT2D eigenvalue weighted by Crippen LogP contribution is 2.14. The zero-order valence-corrected chi connectivity index (χ0v) is 14.5. The molecule has 2 atom stereocenters. The monoisotopic (exact) mass is 324 g/mol. The van der Waals surface area contributed by atoms with Gasteiger partial charge in [-0.25, -0.2) is 4.79 Å². The summed E-state index contributed by atoms with van der Waals surface area (Å²) in [4.78, 5) is 14.1. The minimum absolute atomic E-state index is 0.0161. The summed E-state index contributed by atoms with van der Waals surface area (Å²) in [6.45, 7) is 10.1. The van der Waals surface area contributed by atoms with E-state index >= 15 is 0 Å². The van der Waals surface area contributed by atoms with Crippen LogP contribution in [0.3, 0.4) is 0 Å². The third-order valence-corrected chi connectivity index (χ3v) is 3.64. The lowest BCUT2D eigenvalue weighted by atomic mass is 10.1. The van der Waals surface area contributed by atoms with Crippen LogP contribution in [0.15, 0.2) is 22.8 Å². The molecule has 2 unspecified atom stereocenters. The zero-order chi connectivity index (χ0) is 16.9. The molecule has 1 amide bonds. The Hall–Kier alpha value is -1.53. The smallest absolute Gasteiger partial charge is 0.410 e. The molecule has 1 aliphatic heterocycles. The second-order valence-corrected chi connectivity index (χ2v) is 7.00. The number of rotatable bonds is 5. The van der Waals surface area contributed by atoms with Gasteiger partial charge in [0.05, 0.1) is 25.5 Å². The number of nitrogens with one attached hydrogen (secondary N) is 1. The van der Waals surface area contributed by atoms with Gasteiger partial charge >= 0.3 is 6.09 Å². The topological polar surface area (TPSA) is 63.9 Å². The fraction of sp³-hybridized carbons (Fsp3) is 0.706. The Balaban J connectivity index is 1.84. The number of hydrogen-bond donors (Lipinski definition) is 1. The summed E-state index contributed by atoms with van der Waals surface area (Å²) in [6.07, 6.45) is 2.22. The molecule has 6 heteroatoms. The molecule has 0 bridgehead atoms. The van der Waals surface area contributed by atoms with Crippen molar-refractivity contribution in [1.29, 1.82) is 0 Å². The molecule has 130 valence electrons. The molecule has 23 heavy (non-hydrogen) atoms. The van der Waals surface area contributed by atoms with E-state index in [0.29, 0.717) is 26.3 Å². The summed E-state index contributed by atoms with van der Waals surface area (Å²) in [5.74, 6) is 0.953. The maximum Gasteiger partial charge on any atom is 0.410 e. The molecule has 2 heterocycles. The number of carbonyl (C=O) groups is 1. The van der Waals surface area contributed by atoms with Crippen molar-refractivity contribution in [2.75, 3.05) is 26.3 Å². The van der Waals surface area contributed by atoms with Crippen molar-refractivity contribution < 1.29 is 18.7 Å². The first-order valence-corrected chi connectivity index (χ1v) is 8.18. The summed E-state index contributed by atoms with van der Waals surface area (Å²) < 4.78 is 16.4. The van der Waals surface area contributed by atoms with E-state index in [9.17, 15) is 4.79 Å². The molecule has 0 spiro atoms. The Morgan fingerprint density at radius 1 is 1.52 bits per heavy atom. The fourth-order valence-corrected chi connectivity index (χ4v) is 2.52. The highest BCUT2D eigenvalue weighted by atomic mass is 16.6. The Bertz CT molecular complexity index is 481. The largest absolute Gasteiger partial charge is 0.469 e. The van der Waals surface area contributed by atoms with Crippen LogP contribution in [-0.2, 0) is 15.9 Å². The van der Waals surface area contributed by atoms with Gasteiger partial charge in [0, 0.05) is 25.6 Å². The van der Waals surface area contributed by atoms with E-state index in [1.165, 1.54) is 0 Å². The van der Waals surface area contributed by atoms with Crippen LogP contribution in [0.4, 0.5) is 4.79 Å². The maximum atomic E-state index is 12.3. The average molecular weight is 324 g/mol. The van der Waals surface area contributed by atoms with Gasteiger partial charge in [-0.3, -0.25) is 4.90 Å². The van der Waals surface area contributed by atoms with Crippen molar-refractivity contribution in [1.82, 2.24) is 10.2 Å². The first-order chi connectivity index (χ1) is 10.8. The lowest BCUT2D eigenvalue weighted by Crippen LogP contribution is -2.55. The molecule has 0 aromatic carbocycles. The highest BCUT2D eigenvalue weighted by Gasteiger charge is 2.31. The van der Waals surface area contributed by atoms with Crippen LogP contribution >= 0.6 is 0 Å². The molecular formula is C17H28N2O4. The van der Waals surface area contributed by atoms with Crippen molar-refractivity contribution in [2.24, 2.45) is 0 Å². The summed E-state index contributed by atoms with van der Waals surface area (Å²) in [5, 5.41) is 3.45. The van der Waals surface area contributed by atoms with Crippen molar-refractivity contribution in [2.45, 2.75) is 51.8 Å². The van der Waals surface area contributed by atoms with Crippen molar-refractivity contribution >= 4 is 6.09 Å². The predicted molar refractivity (Wildman–Crippen MR) is 87.4 cm³/mol. The molecule has 1 fully saturated rings. The molecule has 0 radical (unpaired) electrons. The van der Waals surface area contributed by atoms with Crippen LogP contribution < -0.4 is 5.32 Å². The van der Waals surface area contributed by atoms with E-state index in [1.54, 1.807) is 11.2 Å².